The van der Waals surface area contributed by atoms with Crippen molar-refractivity contribution >= 4 is 17.5 Å². The molecule has 1 fully saturated rings. The van der Waals surface area contributed by atoms with E-state index in [1.165, 1.54) is 17.5 Å². The zero-order valence-corrected chi connectivity index (χ0v) is 26.2. The lowest BCUT2D eigenvalue weighted by molar-refractivity contribution is 0.0909. The fraction of sp³-hybridized carbons (Fsp3) is 0.472. The van der Waals surface area contributed by atoms with Crippen molar-refractivity contribution in [2.24, 2.45) is 5.92 Å². The van der Waals surface area contributed by atoms with Crippen LogP contribution in [-0.4, -0.2) is 36.0 Å². The molecule has 1 saturated heterocycles. The van der Waals surface area contributed by atoms with Gasteiger partial charge in [0.25, 0.3) is 5.91 Å². The minimum absolute atomic E-state index is 0.0615. The first-order valence-corrected chi connectivity index (χ1v) is 15.8. The van der Waals surface area contributed by atoms with E-state index in [9.17, 15) is 4.79 Å². The van der Waals surface area contributed by atoms with Crippen molar-refractivity contribution in [1.29, 1.82) is 0 Å². The molecule has 4 nitrogen and oxygen atoms in total. The van der Waals surface area contributed by atoms with Gasteiger partial charge < -0.3 is 10.1 Å². The van der Waals surface area contributed by atoms with Crippen molar-refractivity contribution < 1.29 is 9.53 Å². The van der Waals surface area contributed by atoms with E-state index >= 15 is 0 Å². The van der Waals surface area contributed by atoms with E-state index in [4.69, 9.17) is 16.3 Å². The smallest absolute Gasteiger partial charge is 0.251 e. The molecule has 4 rings (SSSR count). The van der Waals surface area contributed by atoms with Crippen molar-refractivity contribution in [3.05, 3.63) is 101 Å². The summed E-state index contributed by atoms with van der Waals surface area (Å²) in [6, 6.07) is 26.7. The lowest BCUT2D eigenvalue weighted by Crippen LogP contribution is -2.44. The van der Waals surface area contributed by atoms with Crippen LogP contribution in [0.4, 0.5) is 0 Å². The number of hydrogen-bond donors (Lipinski definition) is 1. The highest BCUT2D eigenvalue weighted by Gasteiger charge is 2.22. The zero-order valence-electron chi connectivity index (χ0n) is 25.5. The number of piperidine rings is 1. The third-order valence-corrected chi connectivity index (χ3v) is 7.66. The molecule has 3 aromatic rings. The van der Waals surface area contributed by atoms with Gasteiger partial charge in [-0.2, -0.15) is 0 Å². The van der Waals surface area contributed by atoms with Crippen LogP contribution in [0.5, 0.6) is 5.75 Å². The molecule has 3 aromatic carbocycles. The first kappa shape index (κ1) is 32.7. The molecule has 1 amide bonds. The molecular formula is C36H49ClN2O2. The Labute approximate surface area is 253 Å². The summed E-state index contributed by atoms with van der Waals surface area (Å²) in [5.74, 6) is 1.37. The normalized spacial score (nSPS) is 14.0. The van der Waals surface area contributed by atoms with Gasteiger partial charge in [0.15, 0.2) is 0 Å². The van der Waals surface area contributed by atoms with Gasteiger partial charge in [0, 0.05) is 31.2 Å². The number of rotatable bonds is 12. The van der Waals surface area contributed by atoms with Crippen LogP contribution in [-0.2, 0) is 13.0 Å². The highest BCUT2D eigenvalue weighted by atomic mass is 35.5. The van der Waals surface area contributed by atoms with Gasteiger partial charge in [-0.1, -0.05) is 113 Å². The summed E-state index contributed by atoms with van der Waals surface area (Å²) in [6.45, 7) is 11.8. The fourth-order valence-corrected chi connectivity index (χ4v) is 5.48. The molecule has 0 bridgehead atoms. The predicted octanol–water partition coefficient (Wildman–Crippen LogP) is 8.97. The fourth-order valence-electron chi connectivity index (χ4n) is 5.25. The molecule has 1 N–H and O–H groups in total. The minimum Gasteiger partial charge on any atom is -0.489 e. The van der Waals surface area contributed by atoms with E-state index in [1.807, 2.05) is 18.2 Å². The number of carbonyl (C=O) groups excluding carboxylic acids is 1. The number of amides is 1. The molecule has 1 aliphatic heterocycles. The molecule has 222 valence electrons. The quantitative estimate of drug-likeness (QED) is 0.234. The Morgan fingerprint density at radius 3 is 2.02 bits per heavy atom. The first-order chi connectivity index (χ1) is 19.9. The molecule has 5 heteroatoms. The zero-order chi connectivity index (χ0) is 29.5. The largest absolute Gasteiger partial charge is 0.489 e. The van der Waals surface area contributed by atoms with Crippen LogP contribution >= 0.6 is 11.6 Å². The number of ether oxygens (including phenoxy) is 1. The van der Waals surface area contributed by atoms with Crippen LogP contribution in [0.2, 0.25) is 5.02 Å². The Morgan fingerprint density at radius 2 is 1.49 bits per heavy atom. The van der Waals surface area contributed by atoms with E-state index < -0.39 is 0 Å². The number of carbonyl (C=O) groups is 1. The van der Waals surface area contributed by atoms with Crippen molar-refractivity contribution in [3.8, 4) is 5.75 Å². The molecule has 0 unspecified atom stereocenters. The molecular weight excluding hydrogens is 528 g/mol. The van der Waals surface area contributed by atoms with Gasteiger partial charge in [-0.05, 0) is 67.3 Å². The Morgan fingerprint density at radius 1 is 0.902 bits per heavy atom. The second-order valence-electron chi connectivity index (χ2n) is 11.6. The van der Waals surface area contributed by atoms with Crippen LogP contribution in [0.3, 0.4) is 0 Å². The van der Waals surface area contributed by atoms with E-state index in [-0.39, 0.29) is 18.1 Å². The van der Waals surface area contributed by atoms with Gasteiger partial charge in [-0.25, -0.2) is 0 Å². The minimum atomic E-state index is -0.0615. The van der Waals surface area contributed by atoms with Crippen molar-refractivity contribution in [2.75, 3.05) is 13.1 Å². The molecule has 0 atom stereocenters. The van der Waals surface area contributed by atoms with Gasteiger partial charge >= 0.3 is 0 Å². The Kier molecular flexibility index (Phi) is 14.3. The summed E-state index contributed by atoms with van der Waals surface area (Å²) in [4.78, 5) is 15.2. The molecule has 1 heterocycles. The van der Waals surface area contributed by atoms with Crippen LogP contribution < -0.4 is 10.1 Å². The topological polar surface area (TPSA) is 41.6 Å². The standard InChI is InChI=1S/C26H35ClN2O2.C10H14/c1-3-8-23(9-4-2)31-25-13-12-21(18-24(25)27)26(30)28-22-14-16-29(17-15-22)19-20-10-6-5-7-11-20;1-9(2)8-10-6-4-3-5-7-10/h5-7,10-13,18,22-23H,3-4,8-9,14-17,19H2,1-2H3,(H,28,30);3-7,9H,8H2,1-2H3. The molecule has 0 aliphatic carbocycles. The van der Waals surface area contributed by atoms with Crippen LogP contribution in [0.1, 0.15) is 87.7 Å². The third kappa shape index (κ3) is 11.9. The Balaban J connectivity index is 0.000000389. The van der Waals surface area contributed by atoms with Gasteiger partial charge in [0.1, 0.15) is 5.75 Å². The highest BCUT2D eigenvalue weighted by Crippen LogP contribution is 2.28. The Bertz CT molecular complexity index is 1140. The van der Waals surface area contributed by atoms with E-state index in [1.54, 1.807) is 6.07 Å². The first-order valence-electron chi connectivity index (χ1n) is 15.4. The number of nitrogens with zero attached hydrogens (tertiary/aromatic N) is 1. The SMILES string of the molecule is CC(C)Cc1ccccc1.CCCC(CCC)Oc1ccc(C(=O)NC2CCN(Cc3ccccc3)CC2)cc1Cl. The predicted molar refractivity (Wildman–Crippen MR) is 173 cm³/mol. The van der Waals surface area contributed by atoms with Crippen LogP contribution in [0.15, 0.2) is 78.9 Å². The summed E-state index contributed by atoms with van der Waals surface area (Å²) in [6.07, 6.45) is 7.46. The maximum atomic E-state index is 12.8. The van der Waals surface area contributed by atoms with Gasteiger partial charge in [-0.15, -0.1) is 0 Å². The van der Waals surface area contributed by atoms with Gasteiger partial charge in [-0.3, -0.25) is 9.69 Å². The molecule has 0 saturated carbocycles. The van der Waals surface area contributed by atoms with Crippen LogP contribution in [0, 0.1) is 5.92 Å². The Hall–Kier alpha value is -2.82. The molecule has 41 heavy (non-hydrogen) atoms. The lowest BCUT2D eigenvalue weighted by Gasteiger charge is -2.32. The summed E-state index contributed by atoms with van der Waals surface area (Å²) in [5, 5.41) is 3.68. The van der Waals surface area contributed by atoms with Crippen molar-refractivity contribution in [2.45, 2.75) is 91.3 Å². The molecule has 0 radical (unpaired) electrons. The average molecular weight is 577 g/mol. The molecule has 0 spiro atoms. The number of hydrogen-bond acceptors (Lipinski definition) is 3. The summed E-state index contributed by atoms with van der Waals surface area (Å²) in [7, 11) is 0. The molecule has 1 aliphatic rings. The van der Waals surface area contributed by atoms with E-state index in [2.05, 4.69) is 92.5 Å². The maximum Gasteiger partial charge on any atom is 0.251 e. The monoisotopic (exact) mass is 576 g/mol. The summed E-state index contributed by atoms with van der Waals surface area (Å²) in [5.41, 5.74) is 3.37. The van der Waals surface area contributed by atoms with Crippen molar-refractivity contribution in [1.82, 2.24) is 10.2 Å². The summed E-state index contributed by atoms with van der Waals surface area (Å²) < 4.78 is 6.10. The lowest BCUT2D eigenvalue weighted by atomic mass is 10.0. The van der Waals surface area contributed by atoms with E-state index in [0.717, 1.165) is 64.1 Å². The number of benzene rings is 3. The van der Waals surface area contributed by atoms with Gasteiger partial charge in [0.2, 0.25) is 0 Å². The second-order valence-corrected chi connectivity index (χ2v) is 12.0. The average Bonchev–Trinajstić information content (AvgIpc) is 2.96. The van der Waals surface area contributed by atoms with Crippen molar-refractivity contribution in [3.63, 3.8) is 0 Å². The number of halogens is 1. The molecule has 0 aromatic heterocycles. The van der Waals surface area contributed by atoms with E-state index in [0.29, 0.717) is 16.3 Å². The van der Waals surface area contributed by atoms with Gasteiger partial charge in [0.05, 0.1) is 11.1 Å². The third-order valence-electron chi connectivity index (χ3n) is 7.37. The maximum absolute atomic E-state index is 12.8. The highest BCUT2D eigenvalue weighted by molar-refractivity contribution is 6.32. The van der Waals surface area contributed by atoms with Crippen LogP contribution in [0.25, 0.3) is 0 Å². The number of likely N-dealkylation sites (tertiary alicyclic amines) is 1. The second kappa shape index (κ2) is 17.9. The summed E-state index contributed by atoms with van der Waals surface area (Å²) >= 11 is 6.45. The number of nitrogens with one attached hydrogen (secondary N) is 1.